The third-order valence-electron chi connectivity index (χ3n) is 5.32. The summed E-state index contributed by atoms with van der Waals surface area (Å²) in [7, 11) is 0. The molecule has 1 aromatic heterocycles. The maximum Gasteiger partial charge on any atom is 0.248 e. The fourth-order valence-corrected chi connectivity index (χ4v) is 3.83. The summed E-state index contributed by atoms with van der Waals surface area (Å²) in [6, 6.07) is 17.9. The zero-order chi connectivity index (χ0) is 18.0. The van der Waals surface area contributed by atoms with Crippen molar-refractivity contribution >= 4 is 5.91 Å². The van der Waals surface area contributed by atoms with Crippen LogP contribution in [0.4, 0.5) is 0 Å². The molecule has 0 bridgehead atoms. The number of nitrogens with one attached hydrogen (secondary N) is 2. The van der Waals surface area contributed by atoms with Crippen LogP contribution in [0, 0.1) is 0 Å². The number of benzene rings is 2. The SMILES string of the molecule is NC(=O)c1ccc(-c2ncc(C3(c4ccccc4)CCNCC3)[nH]2)cc1. The Morgan fingerprint density at radius 3 is 2.35 bits per heavy atom. The molecule has 0 spiro atoms. The van der Waals surface area contributed by atoms with Crippen molar-refractivity contribution in [3.8, 4) is 11.4 Å². The van der Waals surface area contributed by atoms with Crippen molar-refractivity contribution in [2.45, 2.75) is 18.3 Å². The van der Waals surface area contributed by atoms with Crippen LogP contribution in [0.15, 0.2) is 60.8 Å². The Morgan fingerprint density at radius 1 is 1.00 bits per heavy atom. The minimum Gasteiger partial charge on any atom is -0.366 e. The van der Waals surface area contributed by atoms with E-state index < -0.39 is 5.91 Å². The van der Waals surface area contributed by atoms with Crippen LogP contribution in [0.25, 0.3) is 11.4 Å². The molecule has 2 heterocycles. The van der Waals surface area contributed by atoms with Crippen molar-refractivity contribution in [2.24, 2.45) is 5.73 Å². The van der Waals surface area contributed by atoms with Gasteiger partial charge in [-0.05, 0) is 43.6 Å². The maximum atomic E-state index is 11.3. The normalized spacial score (nSPS) is 16.3. The highest BCUT2D eigenvalue weighted by Crippen LogP contribution is 2.39. The second-order valence-electron chi connectivity index (χ2n) is 6.79. The molecule has 132 valence electrons. The number of aromatic amines is 1. The number of imidazole rings is 1. The van der Waals surface area contributed by atoms with Gasteiger partial charge in [-0.3, -0.25) is 4.79 Å². The van der Waals surface area contributed by atoms with Crippen molar-refractivity contribution in [1.29, 1.82) is 0 Å². The van der Waals surface area contributed by atoms with Crippen LogP contribution in [0.2, 0.25) is 0 Å². The van der Waals surface area contributed by atoms with E-state index in [0.717, 1.165) is 43.0 Å². The van der Waals surface area contributed by atoms with Gasteiger partial charge in [0.05, 0.1) is 0 Å². The Bertz CT molecular complexity index is 893. The first-order valence-corrected chi connectivity index (χ1v) is 8.91. The van der Waals surface area contributed by atoms with Gasteiger partial charge in [0.2, 0.25) is 5.91 Å². The summed E-state index contributed by atoms with van der Waals surface area (Å²) >= 11 is 0. The Hall–Kier alpha value is -2.92. The number of rotatable bonds is 4. The van der Waals surface area contributed by atoms with Crippen molar-refractivity contribution < 1.29 is 4.79 Å². The standard InChI is InChI=1S/C21H22N4O/c22-19(26)15-6-8-16(9-7-15)20-24-14-18(25-20)21(10-12-23-13-11-21)17-4-2-1-3-5-17/h1-9,14,23H,10-13H2,(H2,22,26)(H,24,25). The molecule has 0 saturated carbocycles. The first-order chi connectivity index (χ1) is 12.7. The number of hydrogen-bond acceptors (Lipinski definition) is 3. The molecule has 0 aliphatic carbocycles. The molecule has 2 aromatic carbocycles. The quantitative estimate of drug-likeness (QED) is 0.679. The Morgan fingerprint density at radius 2 is 1.69 bits per heavy atom. The molecule has 5 nitrogen and oxygen atoms in total. The molecule has 1 aliphatic rings. The summed E-state index contributed by atoms with van der Waals surface area (Å²) in [5.74, 6) is 0.388. The molecule has 0 atom stereocenters. The molecule has 1 aliphatic heterocycles. The Kier molecular flexibility index (Phi) is 4.31. The van der Waals surface area contributed by atoms with Crippen LogP contribution in [0.1, 0.15) is 34.5 Å². The fraction of sp³-hybridized carbons (Fsp3) is 0.238. The molecule has 1 amide bonds. The van der Waals surface area contributed by atoms with Gasteiger partial charge in [-0.15, -0.1) is 0 Å². The number of H-pyrrole nitrogens is 1. The smallest absolute Gasteiger partial charge is 0.248 e. The highest BCUT2D eigenvalue weighted by atomic mass is 16.1. The van der Waals surface area contributed by atoms with Gasteiger partial charge in [-0.1, -0.05) is 42.5 Å². The molecule has 0 unspecified atom stereocenters. The first-order valence-electron chi connectivity index (χ1n) is 8.91. The van der Waals surface area contributed by atoms with Gasteiger partial charge in [-0.25, -0.2) is 4.98 Å². The highest BCUT2D eigenvalue weighted by molar-refractivity contribution is 5.93. The van der Waals surface area contributed by atoms with E-state index in [-0.39, 0.29) is 5.41 Å². The van der Waals surface area contributed by atoms with Crippen molar-refractivity contribution in [3.05, 3.63) is 77.6 Å². The molecule has 26 heavy (non-hydrogen) atoms. The number of aromatic nitrogens is 2. The van der Waals surface area contributed by atoms with Crippen molar-refractivity contribution in [1.82, 2.24) is 15.3 Å². The van der Waals surface area contributed by atoms with Crippen LogP contribution in [0.5, 0.6) is 0 Å². The van der Waals surface area contributed by atoms with E-state index in [9.17, 15) is 4.79 Å². The zero-order valence-corrected chi connectivity index (χ0v) is 14.5. The number of nitrogens with zero attached hydrogens (tertiary/aromatic N) is 1. The lowest BCUT2D eigenvalue weighted by Gasteiger charge is -2.37. The number of piperidine rings is 1. The van der Waals surface area contributed by atoms with Gasteiger partial charge in [0.1, 0.15) is 5.82 Å². The van der Waals surface area contributed by atoms with Crippen LogP contribution in [-0.4, -0.2) is 29.0 Å². The largest absolute Gasteiger partial charge is 0.366 e. The van der Waals surface area contributed by atoms with Crippen molar-refractivity contribution in [2.75, 3.05) is 13.1 Å². The maximum absolute atomic E-state index is 11.3. The summed E-state index contributed by atoms with van der Waals surface area (Å²) in [6.07, 6.45) is 4.01. The fourth-order valence-electron chi connectivity index (χ4n) is 3.83. The van der Waals surface area contributed by atoms with E-state index in [1.807, 2.05) is 18.3 Å². The lowest BCUT2D eigenvalue weighted by molar-refractivity contribution is 0.100. The van der Waals surface area contributed by atoms with E-state index in [4.69, 9.17) is 5.73 Å². The third kappa shape index (κ3) is 2.91. The number of nitrogens with two attached hydrogens (primary N) is 1. The molecule has 4 N–H and O–H groups in total. The molecule has 1 fully saturated rings. The van der Waals surface area contributed by atoms with Crippen LogP contribution in [0.3, 0.4) is 0 Å². The number of carbonyl (C=O) groups is 1. The zero-order valence-electron chi connectivity index (χ0n) is 14.5. The monoisotopic (exact) mass is 346 g/mol. The first kappa shape index (κ1) is 16.5. The molecule has 4 rings (SSSR count). The van der Waals surface area contributed by atoms with Gasteiger partial charge >= 0.3 is 0 Å². The third-order valence-corrected chi connectivity index (χ3v) is 5.32. The van der Waals surface area contributed by atoms with Gasteiger partial charge in [-0.2, -0.15) is 0 Å². The second-order valence-corrected chi connectivity index (χ2v) is 6.79. The number of amides is 1. The molecular weight excluding hydrogens is 324 g/mol. The predicted octanol–water partition coefficient (Wildman–Crippen LogP) is 2.85. The van der Waals surface area contributed by atoms with Gasteiger partial charge in [0, 0.05) is 28.4 Å². The number of hydrogen-bond donors (Lipinski definition) is 3. The molecule has 0 radical (unpaired) electrons. The molecular formula is C21H22N4O. The van der Waals surface area contributed by atoms with E-state index in [0.29, 0.717) is 5.56 Å². The van der Waals surface area contributed by atoms with E-state index in [2.05, 4.69) is 45.6 Å². The van der Waals surface area contributed by atoms with Gasteiger partial charge in [0.15, 0.2) is 0 Å². The topological polar surface area (TPSA) is 83.8 Å². The minimum atomic E-state index is -0.422. The highest BCUT2D eigenvalue weighted by Gasteiger charge is 2.37. The van der Waals surface area contributed by atoms with Crippen LogP contribution < -0.4 is 11.1 Å². The average molecular weight is 346 g/mol. The summed E-state index contributed by atoms with van der Waals surface area (Å²) in [5, 5.41) is 3.46. The van der Waals surface area contributed by atoms with E-state index in [1.54, 1.807) is 12.1 Å². The van der Waals surface area contributed by atoms with E-state index in [1.165, 1.54) is 5.56 Å². The summed E-state index contributed by atoms with van der Waals surface area (Å²) in [5.41, 5.74) is 9.17. The number of carbonyl (C=O) groups excluding carboxylic acids is 1. The molecule has 3 aromatic rings. The lowest BCUT2D eigenvalue weighted by Crippen LogP contribution is -2.41. The lowest BCUT2D eigenvalue weighted by atomic mass is 9.71. The van der Waals surface area contributed by atoms with Crippen LogP contribution >= 0.6 is 0 Å². The minimum absolute atomic E-state index is 0.0507. The molecule has 1 saturated heterocycles. The summed E-state index contributed by atoms with van der Waals surface area (Å²) < 4.78 is 0. The van der Waals surface area contributed by atoms with Crippen LogP contribution in [-0.2, 0) is 5.41 Å². The predicted molar refractivity (Wildman–Crippen MR) is 102 cm³/mol. The van der Waals surface area contributed by atoms with Gasteiger partial charge < -0.3 is 16.0 Å². The van der Waals surface area contributed by atoms with Gasteiger partial charge in [0.25, 0.3) is 0 Å². The van der Waals surface area contributed by atoms with E-state index >= 15 is 0 Å². The average Bonchev–Trinajstić information content (AvgIpc) is 3.20. The summed E-state index contributed by atoms with van der Waals surface area (Å²) in [4.78, 5) is 19.4. The Labute approximate surface area is 152 Å². The molecule has 5 heteroatoms. The van der Waals surface area contributed by atoms with Crippen molar-refractivity contribution in [3.63, 3.8) is 0 Å². The summed E-state index contributed by atoms with van der Waals surface area (Å²) in [6.45, 7) is 1.97. The Balaban J connectivity index is 1.71. The number of primary amides is 1. The second kappa shape index (κ2) is 6.77.